The number of rotatable bonds is 3. The second kappa shape index (κ2) is 3.46. The Balaban J connectivity index is 2.07. The Bertz CT molecular complexity index is 119. The zero-order valence-corrected chi connectivity index (χ0v) is 5.69. The standard InChI is InChI=1S/C8H13N/c1-2-3-4-5-8-6-9-7-8/h2,5,9H,1,3-4,6-7H2. The van der Waals surface area contributed by atoms with Crippen LogP contribution in [0.1, 0.15) is 12.8 Å². The first-order valence-electron chi connectivity index (χ1n) is 3.43. The molecule has 0 aromatic heterocycles. The van der Waals surface area contributed by atoms with Crippen LogP contribution in [-0.2, 0) is 0 Å². The molecule has 1 N–H and O–H groups in total. The van der Waals surface area contributed by atoms with Crippen molar-refractivity contribution < 1.29 is 0 Å². The van der Waals surface area contributed by atoms with E-state index in [0.29, 0.717) is 0 Å². The van der Waals surface area contributed by atoms with Crippen molar-refractivity contribution in [3.05, 3.63) is 24.3 Å². The molecule has 1 rings (SSSR count). The molecule has 1 aliphatic heterocycles. The van der Waals surface area contributed by atoms with E-state index in [-0.39, 0.29) is 0 Å². The summed E-state index contributed by atoms with van der Waals surface area (Å²) in [7, 11) is 0. The van der Waals surface area contributed by atoms with Crippen molar-refractivity contribution in [3.8, 4) is 0 Å². The minimum atomic E-state index is 1.11. The molecule has 0 spiro atoms. The number of hydrogen-bond donors (Lipinski definition) is 1. The van der Waals surface area contributed by atoms with Crippen LogP contribution in [0.4, 0.5) is 0 Å². The zero-order chi connectivity index (χ0) is 6.53. The summed E-state index contributed by atoms with van der Waals surface area (Å²) in [4.78, 5) is 0. The molecular weight excluding hydrogens is 110 g/mol. The highest BCUT2D eigenvalue weighted by molar-refractivity contribution is 5.13. The van der Waals surface area contributed by atoms with Gasteiger partial charge in [0.05, 0.1) is 0 Å². The second-order valence-electron chi connectivity index (χ2n) is 2.33. The largest absolute Gasteiger partial charge is 0.309 e. The van der Waals surface area contributed by atoms with E-state index in [1.807, 2.05) is 6.08 Å². The summed E-state index contributed by atoms with van der Waals surface area (Å²) >= 11 is 0. The van der Waals surface area contributed by atoms with Crippen LogP contribution in [0.2, 0.25) is 0 Å². The molecular formula is C8H13N. The van der Waals surface area contributed by atoms with E-state index in [4.69, 9.17) is 0 Å². The van der Waals surface area contributed by atoms with Crippen molar-refractivity contribution in [2.24, 2.45) is 0 Å². The highest BCUT2D eigenvalue weighted by Gasteiger charge is 2.04. The van der Waals surface area contributed by atoms with Gasteiger partial charge in [-0.2, -0.15) is 0 Å². The van der Waals surface area contributed by atoms with Crippen molar-refractivity contribution in [3.63, 3.8) is 0 Å². The third kappa shape index (κ3) is 2.02. The zero-order valence-electron chi connectivity index (χ0n) is 5.69. The van der Waals surface area contributed by atoms with Gasteiger partial charge in [-0.15, -0.1) is 6.58 Å². The molecule has 1 heteroatoms. The summed E-state index contributed by atoms with van der Waals surface area (Å²) in [5.74, 6) is 0. The highest BCUT2D eigenvalue weighted by Crippen LogP contribution is 2.03. The third-order valence-corrected chi connectivity index (χ3v) is 1.51. The summed E-state index contributed by atoms with van der Waals surface area (Å²) in [5, 5.41) is 3.19. The summed E-state index contributed by atoms with van der Waals surface area (Å²) in [6, 6.07) is 0. The van der Waals surface area contributed by atoms with Gasteiger partial charge >= 0.3 is 0 Å². The molecule has 0 saturated carbocycles. The Kier molecular flexibility index (Phi) is 2.52. The molecule has 0 amide bonds. The van der Waals surface area contributed by atoms with Gasteiger partial charge in [0.2, 0.25) is 0 Å². The third-order valence-electron chi connectivity index (χ3n) is 1.51. The van der Waals surface area contributed by atoms with Gasteiger partial charge < -0.3 is 5.32 Å². The molecule has 1 aliphatic rings. The maximum Gasteiger partial charge on any atom is 0.0180 e. The predicted octanol–water partition coefficient (Wildman–Crippen LogP) is 1.48. The minimum absolute atomic E-state index is 1.11. The molecule has 0 unspecified atom stereocenters. The molecule has 9 heavy (non-hydrogen) atoms. The maximum absolute atomic E-state index is 3.66. The molecule has 0 aromatic carbocycles. The number of allylic oxidation sites excluding steroid dienone is 2. The number of unbranched alkanes of at least 4 members (excludes halogenated alkanes) is 1. The molecule has 50 valence electrons. The minimum Gasteiger partial charge on any atom is -0.309 e. The highest BCUT2D eigenvalue weighted by atomic mass is 14.9. The average Bonchev–Trinajstić information content (AvgIpc) is 1.76. The molecule has 0 radical (unpaired) electrons. The Morgan fingerprint density at radius 2 is 2.22 bits per heavy atom. The van der Waals surface area contributed by atoms with Crippen LogP contribution >= 0.6 is 0 Å². The van der Waals surface area contributed by atoms with Crippen LogP contribution in [-0.4, -0.2) is 13.1 Å². The van der Waals surface area contributed by atoms with Crippen LogP contribution < -0.4 is 5.32 Å². The van der Waals surface area contributed by atoms with Gasteiger partial charge in [-0.05, 0) is 18.4 Å². The first kappa shape index (κ1) is 6.56. The van der Waals surface area contributed by atoms with Gasteiger partial charge in [0.15, 0.2) is 0 Å². The lowest BCUT2D eigenvalue weighted by atomic mass is 10.1. The quantitative estimate of drug-likeness (QED) is 0.443. The lowest BCUT2D eigenvalue weighted by Gasteiger charge is -2.17. The topological polar surface area (TPSA) is 12.0 Å². The summed E-state index contributed by atoms with van der Waals surface area (Å²) in [5.41, 5.74) is 1.55. The Hall–Kier alpha value is -0.560. The summed E-state index contributed by atoms with van der Waals surface area (Å²) in [6.45, 7) is 5.87. The van der Waals surface area contributed by atoms with Crippen LogP contribution in [0, 0.1) is 0 Å². The van der Waals surface area contributed by atoms with Gasteiger partial charge in [-0.25, -0.2) is 0 Å². The fraction of sp³-hybridized carbons (Fsp3) is 0.500. The van der Waals surface area contributed by atoms with Crippen molar-refractivity contribution in [2.45, 2.75) is 12.8 Å². The summed E-state index contributed by atoms with van der Waals surface area (Å²) in [6.07, 6.45) is 6.55. The van der Waals surface area contributed by atoms with Crippen LogP contribution in [0.15, 0.2) is 24.3 Å². The molecule has 0 aromatic rings. The molecule has 0 atom stereocenters. The van der Waals surface area contributed by atoms with E-state index >= 15 is 0 Å². The van der Waals surface area contributed by atoms with Crippen LogP contribution in [0.5, 0.6) is 0 Å². The molecule has 1 saturated heterocycles. The average molecular weight is 123 g/mol. The fourth-order valence-corrected chi connectivity index (χ4v) is 0.819. The molecule has 0 aliphatic carbocycles. The smallest absolute Gasteiger partial charge is 0.0180 e. The van der Waals surface area contributed by atoms with E-state index < -0.39 is 0 Å². The lowest BCUT2D eigenvalue weighted by Crippen LogP contribution is -2.33. The summed E-state index contributed by atoms with van der Waals surface area (Å²) < 4.78 is 0. The predicted molar refractivity (Wildman–Crippen MR) is 40.4 cm³/mol. The maximum atomic E-state index is 3.66. The van der Waals surface area contributed by atoms with E-state index in [1.54, 1.807) is 5.57 Å². The number of hydrogen-bond acceptors (Lipinski definition) is 1. The Morgan fingerprint density at radius 3 is 2.67 bits per heavy atom. The van der Waals surface area contributed by atoms with E-state index in [9.17, 15) is 0 Å². The van der Waals surface area contributed by atoms with Gasteiger partial charge in [-0.1, -0.05) is 12.2 Å². The Morgan fingerprint density at radius 1 is 1.44 bits per heavy atom. The fourth-order valence-electron chi connectivity index (χ4n) is 0.819. The van der Waals surface area contributed by atoms with Crippen molar-refractivity contribution in [2.75, 3.05) is 13.1 Å². The van der Waals surface area contributed by atoms with Gasteiger partial charge in [0.1, 0.15) is 0 Å². The van der Waals surface area contributed by atoms with Gasteiger partial charge in [0.25, 0.3) is 0 Å². The SMILES string of the molecule is C=CCCC=C1CNC1. The monoisotopic (exact) mass is 123 g/mol. The molecule has 1 heterocycles. The first-order valence-corrected chi connectivity index (χ1v) is 3.43. The van der Waals surface area contributed by atoms with Crippen molar-refractivity contribution in [1.82, 2.24) is 5.32 Å². The lowest BCUT2D eigenvalue weighted by molar-refractivity contribution is 0.662. The second-order valence-corrected chi connectivity index (χ2v) is 2.33. The van der Waals surface area contributed by atoms with Gasteiger partial charge in [0, 0.05) is 13.1 Å². The number of nitrogens with one attached hydrogen (secondary N) is 1. The molecule has 0 bridgehead atoms. The molecule has 1 nitrogen and oxygen atoms in total. The van der Waals surface area contributed by atoms with Crippen LogP contribution in [0.25, 0.3) is 0 Å². The molecule has 1 fully saturated rings. The first-order chi connectivity index (χ1) is 4.43. The normalized spacial score (nSPS) is 16.7. The van der Waals surface area contributed by atoms with E-state index in [0.717, 1.165) is 19.5 Å². The van der Waals surface area contributed by atoms with E-state index in [2.05, 4.69) is 18.0 Å². The van der Waals surface area contributed by atoms with Crippen molar-refractivity contribution >= 4 is 0 Å². The van der Waals surface area contributed by atoms with Gasteiger partial charge in [-0.3, -0.25) is 0 Å². The van der Waals surface area contributed by atoms with Crippen LogP contribution in [0.3, 0.4) is 0 Å². The van der Waals surface area contributed by atoms with E-state index in [1.165, 1.54) is 6.42 Å². The Labute approximate surface area is 56.5 Å². The van der Waals surface area contributed by atoms with Crippen molar-refractivity contribution in [1.29, 1.82) is 0 Å².